The van der Waals surface area contributed by atoms with Crippen molar-refractivity contribution in [1.82, 2.24) is 4.90 Å². The molecule has 4 rings (SSSR count). The first-order chi connectivity index (χ1) is 13.1. The normalized spacial score (nSPS) is 20.8. The van der Waals surface area contributed by atoms with Gasteiger partial charge in [-0.15, -0.1) is 0 Å². The van der Waals surface area contributed by atoms with E-state index in [2.05, 4.69) is 5.32 Å². The molecule has 4 nitrogen and oxygen atoms in total. The molecule has 140 valence electrons. The van der Waals surface area contributed by atoms with E-state index >= 15 is 0 Å². The number of hydrogen-bond acceptors (Lipinski definition) is 2. The zero-order valence-electron chi connectivity index (χ0n) is 15.2. The number of benzene rings is 2. The largest absolute Gasteiger partial charge is 0.337 e. The summed E-state index contributed by atoms with van der Waals surface area (Å²) >= 11 is 0. The van der Waals surface area contributed by atoms with E-state index in [1.54, 1.807) is 12.1 Å². The molecule has 1 aliphatic heterocycles. The zero-order chi connectivity index (χ0) is 18.9. The maximum atomic E-state index is 13.1. The lowest BCUT2D eigenvalue weighted by Crippen LogP contribution is -2.36. The van der Waals surface area contributed by atoms with Gasteiger partial charge in [-0.25, -0.2) is 4.39 Å². The lowest BCUT2D eigenvalue weighted by Gasteiger charge is -2.28. The summed E-state index contributed by atoms with van der Waals surface area (Å²) in [5.74, 6) is -0.663. The number of nitrogens with one attached hydrogen (secondary N) is 1. The smallest absolute Gasteiger partial charge is 0.253 e. The molecule has 1 N–H and O–H groups in total. The van der Waals surface area contributed by atoms with Crippen LogP contribution in [0.3, 0.4) is 0 Å². The van der Waals surface area contributed by atoms with Gasteiger partial charge in [0.1, 0.15) is 5.82 Å². The summed E-state index contributed by atoms with van der Waals surface area (Å²) in [4.78, 5) is 27.8. The van der Waals surface area contributed by atoms with Crippen molar-refractivity contribution in [3.63, 3.8) is 0 Å². The van der Waals surface area contributed by atoms with Gasteiger partial charge in [0.15, 0.2) is 0 Å². The molecule has 2 aromatic rings. The van der Waals surface area contributed by atoms with E-state index in [0.717, 1.165) is 25.7 Å². The molecule has 1 saturated heterocycles. The Morgan fingerprint density at radius 3 is 2.33 bits per heavy atom. The number of amides is 2. The van der Waals surface area contributed by atoms with E-state index in [9.17, 15) is 14.0 Å². The Balaban J connectivity index is 1.54. The summed E-state index contributed by atoms with van der Waals surface area (Å²) < 4.78 is 13.1. The second-order valence-corrected chi connectivity index (χ2v) is 7.67. The van der Waals surface area contributed by atoms with Crippen LogP contribution in [0.1, 0.15) is 36.0 Å². The Labute approximate surface area is 158 Å². The molecule has 5 heteroatoms. The summed E-state index contributed by atoms with van der Waals surface area (Å²) in [6.07, 6.45) is 4.11. The van der Waals surface area contributed by atoms with Crippen molar-refractivity contribution in [3.05, 3.63) is 66.0 Å². The average Bonchev–Trinajstić information content (AvgIpc) is 3.31. The number of nitrogens with zero attached hydrogens (tertiary/aromatic N) is 1. The van der Waals surface area contributed by atoms with E-state index in [-0.39, 0.29) is 29.0 Å². The number of rotatable bonds is 3. The van der Waals surface area contributed by atoms with Crippen LogP contribution in [0.25, 0.3) is 0 Å². The van der Waals surface area contributed by atoms with E-state index in [1.807, 2.05) is 35.2 Å². The Kier molecular flexibility index (Phi) is 4.68. The van der Waals surface area contributed by atoms with Gasteiger partial charge in [0, 0.05) is 29.8 Å². The van der Waals surface area contributed by atoms with Crippen molar-refractivity contribution in [2.75, 3.05) is 18.4 Å². The van der Waals surface area contributed by atoms with Crippen LogP contribution < -0.4 is 5.32 Å². The van der Waals surface area contributed by atoms with Crippen molar-refractivity contribution < 1.29 is 14.0 Å². The van der Waals surface area contributed by atoms with Gasteiger partial charge in [0.05, 0.1) is 5.92 Å². The molecule has 0 unspecified atom stereocenters. The average molecular weight is 366 g/mol. The maximum Gasteiger partial charge on any atom is 0.253 e. The van der Waals surface area contributed by atoms with E-state index in [4.69, 9.17) is 0 Å². The molecule has 2 fully saturated rings. The van der Waals surface area contributed by atoms with Crippen molar-refractivity contribution in [2.45, 2.75) is 25.7 Å². The summed E-state index contributed by atoms with van der Waals surface area (Å²) in [7, 11) is 0. The topological polar surface area (TPSA) is 49.4 Å². The molecule has 1 heterocycles. The highest BCUT2D eigenvalue weighted by atomic mass is 19.1. The van der Waals surface area contributed by atoms with Crippen LogP contribution in [0, 0.1) is 17.2 Å². The molecule has 2 aromatic carbocycles. The number of carbonyl (C=O) groups is 2. The Morgan fingerprint density at radius 2 is 1.67 bits per heavy atom. The minimum Gasteiger partial charge on any atom is -0.337 e. The van der Waals surface area contributed by atoms with Gasteiger partial charge in [-0.1, -0.05) is 31.0 Å². The first kappa shape index (κ1) is 17.7. The number of carbonyl (C=O) groups excluding carboxylic acids is 2. The monoisotopic (exact) mass is 366 g/mol. The molecule has 1 spiro atoms. The highest BCUT2D eigenvalue weighted by Crippen LogP contribution is 2.49. The van der Waals surface area contributed by atoms with Gasteiger partial charge < -0.3 is 10.2 Å². The fraction of sp³-hybridized carbons (Fsp3) is 0.364. The number of halogens is 1. The second kappa shape index (κ2) is 7.14. The predicted octanol–water partition coefficient (Wildman–Crippen LogP) is 4.10. The van der Waals surface area contributed by atoms with Gasteiger partial charge in [-0.3, -0.25) is 9.59 Å². The molecule has 27 heavy (non-hydrogen) atoms. The van der Waals surface area contributed by atoms with Gasteiger partial charge in [-0.05, 0) is 49.2 Å². The lowest BCUT2D eigenvalue weighted by atomic mass is 9.76. The molecular formula is C22H23FN2O2. The summed E-state index contributed by atoms with van der Waals surface area (Å²) in [5, 5.41) is 2.92. The summed E-state index contributed by atoms with van der Waals surface area (Å²) in [5.41, 5.74) is 1.10. The molecule has 1 atom stereocenters. The van der Waals surface area contributed by atoms with Crippen LogP contribution >= 0.6 is 0 Å². The first-order valence-electron chi connectivity index (χ1n) is 9.48. The Bertz CT molecular complexity index is 829. The molecule has 0 bridgehead atoms. The quantitative estimate of drug-likeness (QED) is 0.889. The molecule has 2 amide bonds. The van der Waals surface area contributed by atoms with Crippen LogP contribution in [-0.2, 0) is 4.79 Å². The van der Waals surface area contributed by atoms with Crippen molar-refractivity contribution in [1.29, 1.82) is 0 Å². The number of hydrogen-bond donors (Lipinski definition) is 1. The summed E-state index contributed by atoms with van der Waals surface area (Å²) in [6, 6.07) is 15.0. The van der Waals surface area contributed by atoms with Crippen LogP contribution in [-0.4, -0.2) is 29.8 Å². The third-order valence-electron chi connectivity index (χ3n) is 5.98. The van der Waals surface area contributed by atoms with E-state index in [1.165, 1.54) is 12.1 Å². The van der Waals surface area contributed by atoms with Crippen molar-refractivity contribution in [3.8, 4) is 0 Å². The SMILES string of the molecule is O=C(Nc1ccc(F)cc1)[C@@H]1CN(C(=O)c2ccccc2)CC12CCCC2. The lowest BCUT2D eigenvalue weighted by molar-refractivity contribution is -0.122. The van der Waals surface area contributed by atoms with Crippen LogP contribution in [0.5, 0.6) is 0 Å². The highest BCUT2D eigenvalue weighted by Gasteiger charge is 2.52. The fourth-order valence-electron chi connectivity index (χ4n) is 4.60. The zero-order valence-corrected chi connectivity index (χ0v) is 15.2. The van der Waals surface area contributed by atoms with Crippen molar-refractivity contribution >= 4 is 17.5 Å². The van der Waals surface area contributed by atoms with Gasteiger partial charge in [0.25, 0.3) is 5.91 Å². The van der Waals surface area contributed by atoms with Gasteiger partial charge >= 0.3 is 0 Å². The number of anilines is 1. The molecule has 1 aliphatic carbocycles. The van der Waals surface area contributed by atoms with Gasteiger partial charge in [-0.2, -0.15) is 0 Å². The summed E-state index contributed by atoms with van der Waals surface area (Å²) in [6.45, 7) is 1.06. The van der Waals surface area contributed by atoms with E-state index < -0.39 is 0 Å². The second-order valence-electron chi connectivity index (χ2n) is 7.67. The van der Waals surface area contributed by atoms with Crippen molar-refractivity contribution in [2.24, 2.45) is 11.3 Å². The minimum absolute atomic E-state index is 0.0149. The third kappa shape index (κ3) is 3.46. The van der Waals surface area contributed by atoms with Crippen LogP contribution in [0.15, 0.2) is 54.6 Å². The highest BCUT2D eigenvalue weighted by molar-refractivity contribution is 5.97. The molecule has 0 radical (unpaired) electrons. The predicted molar refractivity (Wildman–Crippen MR) is 102 cm³/mol. The molecular weight excluding hydrogens is 343 g/mol. The third-order valence-corrected chi connectivity index (χ3v) is 5.98. The molecule has 1 saturated carbocycles. The van der Waals surface area contributed by atoms with E-state index in [0.29, 0.717) is 24.3 Å². The maximum absolute atomic E-state index is 13.1. The Morgan fingerprint density at radius 1 is 1.00 bits per heavy atom. The minimum atomic E-state index is -0.333. The Hall–Kier alpha value is -2.69. The standard InChI is InChI=1S/C22H23FN2O2/c23-17-8-10-18(11-9-17)24-20(26)19-14-25(15-22(19)12-4-5-13-22)21(27)16-6-2-1-3-7-16/h1-3,6-11,19H,4-5,12-15H2,(H,24,26)/t19-/m0/s1. The molecule has 2 aliphatic rings. The molecule has 0 aromatic heterocycles. The van der Waals surface area contributed by atoms with Crippen LogP contribution in [0.4, 0.5) is 10.1 Å². The first-order valence-corrected chi connectivity index (χ1v) is 9.48. The fourth-order valence-corrected chi connectivity index (χ4v) is 4.60. The number of likely N-dealkylation sites (tertiary alicyclic amines) is 1. The van der Waals surface area contributed by atoms with Gasteiger partial charge in [0.2, 0.25) is 5.91 Å². The van der Waals surface area contributed by atoms with Crippen LogP contribution in [0.2, 0.25) is 0 Å².